The van der Waals surface area contributed by atoms with Crippen molar-refractivity contribution < 1.29 is 9.59 Å². The maximum Gasteiger partial charge on any atom is 0.333 e. The molecule has 0 bridgehead atoms. The van der Waals surface area contributed by atoms with Crippen molar-refractivity contribution in [2.75, 3.05) is 19.6 Å². The number of likely N-dealkylation sites (tertiary alicyclic amines) is 1. The molecule has 3 aromatic rings. The number of aromatic amines is 1. The highest BCUT2D eigenvalue weighted by Crippen LogP contribution is 2.20. The van der Waals surface area contributed by atoms with Crippen molar-refractivity contribution in [3.8, 4) is 0 Å². The van der Waals surface area contributed by atoms with E-state index in [0.717, 1.165) is 43.4 Å². The number of nitrogens with zero attached hydrogens (tertiary/aromatic N) is 1. The first-order chi connectivity index (χ1) is 14.2. The third kappa shape index (κ3) is 4.96. The average molecular weight is 412 g/mol. The number of hydrazine groups is 1. The molecule has 0 atom stereocenters. The Morgan fingerprint density at radius 3 is 2.72 bits per heavy atom. The van der Waals surface area contributed by atoms with Crippen LogP contribution in [0.5, 0.6) is 0 Å². The van der Waals surface area contributed by atoms with Gasteiger partial charge in [-0.1, -0.05) is 24.3 Å². The Morgan fingerprint density at radius 1 is 1.10 bits per heavy atom. The molecule has 0 spiro atoms. The van der Waals surface area contributed by atoms with E-state index in [9.17, 15) is 9.59 Å². The molecule has 4 N–H and O–H groups in total. The van der Waals surface area contributed by atoms with E-state index in [1.807, 2.05) is 24.3 Å². The molecule has 0 saturated carbocycles. The zero-order chi connectivity index (χ0) is 20.1. The summed E-state index contributed by atoms with van der Waals surface area (Å²) >= 11 is 1.80. The maximum absolute atomic E-state index is 12.3. The van der Waals surface area contributed by atoms with Gasteiger partial charge in [-0.15, -0.1) is 11.3 Å². The fraction of sp³-hybridized carbons (Fsp3) is 0.333. The first kappa shape index (κ1) is 19.5. The number of urea groups is 1. The zero-order valence-corrected chi connectivity index (χ0v) is 16.9. The van der Waals surface area contributed by atoms with Crippen LogP contribution in [0.3, 0.4) is 0 Å². The highest BCUT2D eigenvalue weighted by atomic mass is 32.1. The summed E-state index contributed by atoms with van der Waals surface area (Å²) in [5.74, 6) is 0.115. The molecule has 1 fully saturated rings. The quantitative estimate of drug-likeness (QED) is 0.487. The number of carbonyl (C=O) groups excluding carboxylic acids is 2. The molecule has 4 rings (SSSR count). The predicted molar refractivity (Wildman–Crippen MR) is 115 cm³/mol. The minimum atomic E-state index is -0.390. The molecule has 29 heavy (non-hydrogen) atoms. The fourth-order valence-electron chi connectivity index (χ4n) is 3.69. The van der Waals surface area contributed by atoms with Crippen LogP contribution in [-0.2, 0) is 6.54 Å². The van der Waals surface area contributed by atoms with E-state index < -0.39 is 0 Å². The first-order valence-corrected chi connectivity index (χ1v) is 10.7. The van der Waals surface area contributed by atoms with E-state index in [-0.39, 0.29) is 11.9 Å². The number of fused-ring (bicyclic) bond motifs is 1. The van der Waals surface area contributed by atoms with Crippen LogP contribution in [0, 0.1) is 5.92 Å². The summed E-state index contributed by atoms with van der Waals surface area (Å²) < 4.78 is 0. The number of H-pyrrole nitrogens is 1. The van der Waals surface area contributed by atoms with Gasteiger partial charge < -0.3 is 10.3 Å². The standard InChI is InChI=1S/C21H25N5O2S/c27-20(18-13-22-19-6-2-1-5-17(18)19)24-25-21(28)23-12-15-7-9-26(10-8-15)14-16-4-3-11-29-16/h1-6,11,13,15,22H,7-10,12,14H2,(H,24,27)(H2,23,25,28). The lowest BCUT2D eigenvalue weighted by molar-refractivity contribution is 0.0937. The van der Waals surface area contributed by atoms with E-state index >= 15 is 0 Å². The minimum Gasteiger partial charge on any atom is -0.360 e. The second kappa shape index (κ2) is 9.11. The Kier molecular flexibility index (Phi) is 6.12. The zero-order valence-electron chi connectivity index (χ0n) is 16.1. The molecule has 152 valence electrons. The van der Waals surface area contributed by atoms with Crippen LogP contribution < -0.4 is 16.2 Å². The number of amides is 3. The van der Waals surface area contributed by atoms with Crippen LogP contribution in [0.25, 0.3) is 10.9 Å². The van der Waals surface area contributed by atoms with Gasteiger partial charge in [-0.3, -0.25) is 15.1 Å². The third-order valence-electron chi connectivity index (χ3n) is 5.34. The van der Waals surface area contributed by atoms with Crippen LogP contribution in [0.1, 0.15) is 28.1 Å². The van der Waals surface area contributed by atoms with Gasteiger partial charge in [-0.25, -0.2) is 10.2 Å². The van der Waals surface area contributed by atoms with E-state index in [4.69, 9.17) is 0 Å². The second-order valence-corrected chi connectivity index (χ2v) is 8.37. The number of aromatic nitrogens is 1. The molecule has 2 aromatic heterocycles. The summed E-state index contributed by atoms with van der Waals surface area (Å²) in [5, 5.41) is 5.80. The molecular formula is C21H25N5O2S. The highest BCUT2D eigenvalue weighted by molar-refractivity contribution is 7.09. The summed E-state index contributed by atoms with van der Waals surface area (Å²) in [4.78, 5) is 31.3. The Balaban J connectivity index is 1.16. The third-order valence-corrected chi connectivity index (χ3v) is 6.20. The van der Waals surface area contributed by atoms with Gasteiger partial charge in [0.1, 0.15) is 0 Å². The van der Waals surface area contributed by atoms with Crippen molar-refractivity contribution in [2.45, 2.75) is 19.4 Å². The number of rotatable bonds is 5. The van der Waals surface area contributed by atoms with Gasteiger partial charge >= 0.3 is 6.03 Å². The lowest BCUT2D eigenvalue weighted by Gasteiger charge is -2.31. The van der Waals surface area contributed by atoms with Crippen LogP contribution in [0.15, 0.2) is 48.0 Å². The van der Waals surface area contributed by atoms with Crippen molar-refractivity contribution in [3.05, 3.63) is 58.4 Å². The molecule has 3 heterocycles. The topological polar surface area (TPSA) is 89.3 Å². The molecule has 8 heteroatoms. The molecule has 1 aliphatic heterocycles. The van der Waals surface area contributed by atoms with E-state index in [1.54, 1.807) is 17.5 Å². The van der Waals surface area contributed by atoms with Crippen molar-refractivity contribution >= 4 is 34.2 Å². The maximum atomic E-state index is 12.3. The average Bonchev–Trinajstić information content (AvgIpc) is 3.41. The Bertz CT molecular complexity index is 961. The normalized spacial score (nSPS) is 15.3. The van der Waals surface area contributed by atoms with Gasteiger partial charge in [0.05, 0.1) is 5.56 Å². The summed E-state index contributed by atoms with van der Waals surface area (Å²) in [6.45, 7) is 3.71. The number of hydrogen-bond acceptors (Lipinski definition) is 4. The molecule has 3 amide bonds. The van der Waals surface area contributed by atoms with Gasteiger partial charge in [0, 0.05) is 35.1 Å². The molecule has 1 aromatic carbocycles. The molecule has 0 unspecified atom stereocenters. The number of thiophene rings is 1. The van der Waals surface area contributed by atoms with Crippen LogP contribution in [-0.4, -0.2) is 41.5 Å². The second-order valence-electron chi connectivity index (χ2n) is 7.34. The molecule has 7 nitrogen and oxygen atoms in total. The molecule has 0 aliphatic carbocycles. The number of piperidine rings is 1. The Hall–Kier alpha value is -2.84. The van der Waals surface area contributed by atoms with Gasteiger partial charge in [0.25, 0.3) is 5.91 Å². The SMILES string of the molecule is O=C(NCC1CCN(Cc2cccs2)CC1)NNC(=O)c1c[nH]c2ccccc12. The summed E-state index contributed by atoms with van der Waals surface area (Å²) in [7, 11) is 0. The van der Waals surface area contributed by atoms with Crippen molar-refractivity contribution in [3.63, 3.8) is 0 Å². The molecule has 1 aliphatic rings. The Morgan fingerprint density at radius 2 is 1.93 bits per heavy atom. The summed E-state index contributed by atoms with van der Waals surface area (Å²) in [6, 6.07) is 11.4. The first-order valence-electron chi connectivity index (χ1n) is 9.84. The monoisotopic (exact) mass is 411 g/mol. The fourth-order valence-corrected chi connectivity index (χ4v) is 4.44. The highest BCUT2D eigenvalue weighted by Gasteiger charge is 2.20. The summed E-state index contributed by atoms with van der Waals surface area (Å²) in [6.07, 6.45) is 3.77. The van der Waals surface area contributed by atoms with Crippen molar-refractivity contribution in [1.82, 2.24) is 26.1 Å². The number of nitrogens with one attached hydrogen (secondary N) is 4. The van der Waals surface area contributed by atoms with E-state index in [2.05, 4.69) is 43.6 Å². The molecule has 1 saturated heterocycles. The van der Waals surface area contributed by atoms with Gasteiger partial charge in [-0.2, -0.15) is 0 Å². The largest absolute Gasteiger partial charge is 0.360 e. The van der Waals surface area contributed by atoms with Crippen LogP contribution >= 0.6 is 11.3 Å². The number of para-hydroxylation sites is 1. The summed E-state index contributed by atoms with van der Waals surface area (Å²) in [5.41, 5.74) is 6.29. The lowest BCUT2D eigenvalue weighted by Crippen LogP contribution is -2.48. The predicted octanol–water partition coefficient (Wildman–Crippen LogP) is 3.09. The lowest BCUT2D eigenvalue weighted by atomic mass is 9.97. The number of carbonyl (C=O) groups is 2. The minimum absolute atomic E-state index is 0.348. The van der Waals surface area contributed by atoms with Crippen LogP contribution in [0.2, 0.25) is 0 Å². The molecular weight excluding hydrogens is 386 g/mol. The number of hydrogen-bond donors (Lipinski definition) is 4. The van der Waals surface area contributed by atoms with E-state index in [1.165, 1.54) is 4.88 Å². The van der Waals surface area contributed by atoms with Crippen molar-refractivity contribution in [1.29, 1.82) is 0 Å². The van der Waals surface area contributed by atoms with E-state index in [0.29, 0.717) is 18.0 Å². The smallest absolute Gasteiger partial charge is 0.333 e. The van der Waals surface area contributed by atoms with Crippen LogP contribution in [0.4, 0.5) is 4.79 Å². The van der Waals surface area contributed by atoms with Gasteiger partial charge in [0.2, 0.25) is 0 Å². The van der Waals surface area contributed by atoms with Gasteiger partial charge in [0.15, 0.2) is 0 Å². The van der Waals surface area contributed by atoms with Crippen molar-refractivity contribution in [2.24, 2.45) is 5.92 Å². The number of benzene rings is 1. The Labute approximate surface area is 173 Å². The molecule has 0 radical (unpaired) electrons. The van der Waals surface area contributed by atoms with Gasteiger partial charge in [-0.05, 0) is 49.4 Å².